The Morgan fingerprint density at radius 1 is 0.839 bits per heavy atom. The Morgan fingerprint density at radius 2 is 1.39 bits per heavy atom. The quantitative estimate of drug-likeness (QED) is 0.333. The maximum absolute atomic E-state index is 14.0. The molecule has 3 aromatic carbocycles. The zero-order valence-electron chi connectivity index (χ0n) is 17.5. The summed E-state index contributed by atoms with van der Waals surface area (Å²) in [4.78, 5) is 27.9. The molecule has 0 spiro atoms. The van der Waals surface area contributed by atoms with Gasteiger partial charge in [0, 0.05) is 5.56 Å². The fourth-order valence-corrected chi connectivity index (χ4v) is 6.59. The van der Waals surface area contributed by atoms with E-state index < -0.39 is 7.92 Å². The molecular weight excluding hydrogens is 499 g/mol. The fraction of sp³-hybridized carbons (Fsp3) is 0.167. The molecular formula is C24H21BrClO4P. The van der Waals surface area contributed by atoms with Crippen molar-refractivity contribution < 1.29 is 19.1 Å². The van der Waals surface area contributed by atoms with Gasteiger partial charge in [-0.25, -0.2) is 0 Å². The van der Waals surface area contributed by atoms with Crippen molar-refractivity contribution in [2.45, 2.75) is 13.8 Å². The number of benzene rings is 3. The van der Waals surface area contributed by atoms with Crippen LogP contribution in [0.1, 0.15) is 31.8 Å². The van der Waals surface area contributed by atoms with Crippen molar-refractivity contribution in [1.82, 2.24) is 0 Å². The number of rotatable bonds is 7. The molecule has 7 heteroatoms. The summed E-state index contributed by atoms with van der Waals surface area (Å²) in [6, 6.07) is 16.3. The van der Waals surface area contributed by atoms with Crippen LogP contribution in [-0.4, -0.2) is 25.3 Å². The van der Waals surface area contributed by atoms with Gasteiger partial charge in [-0.1, -0.05) is 60.1 Å². The van der Waals surface area contributed by atoms with Crippen LogP contribution in [0, 0.1) is 13.8 Å². The highest BCUT2D eigenvalue weighted by Crippen LogP contribution is 2.50. The summed E-state index contributed by atoms with van der Waals surface area (Å²) in [6.45, 7) is 3.75. The van der Waals surface area contributed by atoms with Crippen molar-refractivity contribution in [3.8, 4) is 11.5 Å². The predicted octanol–water partition coefficient (Wildman–Crippen LogP) is 6.52. The number of methoxy groups -OCH3 is 2. The third-order valence-electron chi connectivity index (χ3n) is 4.88. The molecule has 4 nitrogen and oxygen atoms in total. The minimum absolute atomic E-state index is 0.152. The van der Waals surface area contributed by atoms with Crippen molar-refractivity contribution in [1.29, 1.82) is 0 Å². The van der Waals surface area contributed by atoms with Gasteiger partial charge in [0.2, 0.25) is 5.52 Å². The monoisotopic (exact) mass is 518 g/mol. The van der Waals surface area contributed by atoms with Crippen molar-refractivity contribution in [2.75, 3.05) is 14.2 Å². The second-order valence-electron chi connectivity index (χ2n) is 6.83. The van der Waals surface area contributed by atoms with Gasteiger partial charge in [-0.3, -0.25) is 9.59 Å². The van der Waals surface area contributed by atoms with Crippen LogP contribution in [0.15, 0.2) is 59.1 Å². The van der Waals surface area contributed by atoms with Crippen molar-refractivity contribution >= 4 is 51.8 Å². The predicted molar refractivity (Wildman–Crippen MR) is 130 cm³/mol. The lowest BCUT2D eigenvalue weighted by atomic mass is 10.0. The van der Waals surface area contributed by atoms with Gasteiger partial charge in [0.1, 0.15) is 11.3 Å². The second kappa shape index (κ2) is 9.95. The molecule has 1 unspecified atom stereocenters. The Bertz CT molecular complexity index is 1100. The van der Waals surface area contributed by atoms with E-state index in [1.165, 1.54) is 14.2 Å². The Morgan fingerprint density at radius 3 is 1.94 bits per heavy atom. The van der Waals surface area contributed by atoms with Crippen LogP contribution < -0.4 is 14.8 Å². The molecule has 0 aromatic heterocycles. The Kier molecular flexibility index (Phi) is 7.53. The number of hydrogen-bond acceptors (Lipinski definition) is 4. The highest BCUT2D eigenvalue weighted by atomic mass is 79.9. The lowest BCUT2D eigenvalue weighted by molar-refractivity contribution is 0.105. The van der Waals surface area contributed by atoms with E-state index in [9.17, 15) is 9.59 Å². The van der Waals surface area contributed by atoms with E-state index in [4.69, 9.17) is 21.1 Å². The molecule has 0 N–H and O–H groups in total. The summed E-state index contributed by atoms with van der Waals surface area (Å²) in [5, 5.41) is 0.899. The number of carbonyl (C=O) groups is 2. The lowest BCUT2D eigenvalue weighted by Gasteiger charge is -2.21. The summed E-state index contributed by atoms with van der Waals surface area (Å²) < 4.78 is 11.5. The average Bonchev–Trinajstić information content (AvgIpc) is 2.74. The van der Waals surface area contributed by atoms with Gasteiger partial charge >= 0.3 is 0 Å². The Hall–Kier alpha value is -2.20. The van der Waals surface area contributed by atoms with Crippen LogP contribution in [0.5, 0.6) is 11.5 Å². The normalized spacial score (nSPS) is 11.7. The maximum Gasteiger partial charge on any atom is 0.204 e. The third-order valence-corrected chi connectivity index (χ3v) is 7.82. The van der Waals surface area contributed by atoms with E-state index in [0.717, 1.165) is 11.1 Å². The third kappa shape index (κ3) is 4.55. The topological polar surface area (TPSA) is 52.6 Å². The summed E-state index contributed by atoms with van der Waals surface area (Å²) in [6.07, 6.45) is 0. The molecule has 0 aliphatic rings. The summed E-state index contributed by atoms with van der Waals surface area (Å²) in [7, 11) is 0.946. The first-order valence-corrected chi connectivity index (χ1v) is 11.9. The smallest absolute Gasteiger partial charge is 0.204 e. The molecule has 0 aliphatic carbocycles. The zero-order valence-corrected chi connectivity index (χ0v) is 20.8. The minimum Gasteiger partial charge on any atom is -0.495 e. The van der Waals surface area contributed by atoms with Gasteiger partial charge < -0.3 is 9.47 Å². The zero-order chi connectivity index (χ0) is 22.7. The highest BCUT2D eigenvalue weighted by Gasteiger charge is 2.36. The molecule has 31 heavy (non-hydrogen) atoms. The molecule has 0 bridgehead atoms. The van der Waals surface area contributed by atoms with Crippen LogP contribution in [0.25, 0.3) is 0 Å². The molecule has 0 fully saturated rings. The molecule has 0 radical (unpaired) electrons. The van der Waals surface area contributed by atoms with Crippen molar-refractivity contribution in [2.24, 2.45) is 0 Å². The van der Waals surface area contributed by atoms with Crippen molar-refractivity contribution in [3.63, 3.8) is 0 Å². The van der Waals surface area contributed by atoms with E-state index in [2.05, 4.69) is 15.9 Å². The number of carbonyl (C=O) groups excluding carboxylic acids is 2. The molecule has 1 atom stereocenters. The van der Waals surface area contributed by atoms with E-state index in [1.807, 2.05) is 50.2 Å². The first kappa shape index (κ1) is 23.5. The van der Waals surface area contributed by atoms with Gasteiger partial charge in [0.15, 0.2) is 11.3 Å². The maximum atomic E-state index is 14.0. The molecule has 160 valence electrons. The average molecular weight is 520 g/mol. The van der Waals surface area contributed by atoms with E-state index in [1.54, 1.807) is 18.2 Å². The van der Waals surface area contributed by atoms with Crippen molar-refractivity contribution in [3.05, 3.63) is 86.3 Å². The van der Waals surface area contributed by atoms with Crippen LogP contribution >= 0.6 is 35.5 Å². The number of hydrogen-bond donors (Lipinski definition) is 0. The van der Waals surface area contributed by atoms with Gasteiger partial charge in [-0.2, -0.15) is 0 Å². The first-order valence-electron chi connectivity index (χ1n) is 9.41. The van der Waals surface area contributed by atoms with E-state index in [0.29, 0.717) is 15.3 Å². The van der Waals surface area contributed by atoms with E-state index >= 15 is 0 Å². The summed E-state index contributed by atoms with van der Waals surface area (Å²) in [5.41, 5.74) is 1.76. The highest BCUT2D eigenvalue weighted by molar-refractivity contribution is 9.10. The van der Waals surface area contributed by atoms with Crippen LogP contribution in [0.2, 0.25) is 5.02 Å². The molecule has 0 saturated heterocycles. The standard InChI is InChI=1S/C24H21BrClO4P/c1-14-9-8-10-15(2)19(14)23(27)31(16-11-6-5-7-12-16)24(28)20-21(29-3)17(25)13-18(26)22(20)30-4/h5-13H,1-4H3. The van der Waals surface area contributed by atoms with Crippen LogP contribution in [0.4, 0.5) is 0 Å². The Balaban J connectivity index is 2.28. The van der Waals surface area contributed by atoms with Gasteiger partial charge in [0.05, 0.1) is 31.6 Å². The van der Waals surface area contributed by atoms with Gasteiger partial charge in [0.25, 0.3) is 0 Å². The largest absolute Gasteiger partial charge is 0.495 e. The second-order valence-corrected chi connectivity index (χ2v) is 10.1. The summed E-state index contributed by atoms with van der Waals surface area (Å²) >= 11 is 9.77. The van der Waals surface area contributed by atoms with Crippen LogP contribution in [0.3, 0.4) is 0 Å². The fourth-order valence-electron chi connectivity index (χ4n) is 3.46. The van der Waals surface area contributed by atoms with Crippen LogP contribution in [-0.2, 0) is 0 Å². The van der Waals surface area contributed by atoms with Gasteiger partial charge in [-0.05, 0) is 52.3 Å². The molecule has 0 heterocycles. The minimum atomic E-state index is -1.95. The SMILES string of the molecule is COc1c(Cl)cc(Br)c(OC)c1C(=O)P(C(=O)c1c(C)cccc1C)c1ccccc1. The molecule has 3 rings (SSSR count). The molecule has 0 aliphatic heterocycles. The Labute approximate surface area is 196 Å². The summed E-state index contributed by atoms with van der Waals surface area (Å²) in [5.74, 6) is 0.466. The first-order chi connectivity index (χ1) is 14.8. The lowest BCUT2D eigenvalue weighted by Crippen LogP contribution is -2.19. The molecule has 0 saturated carbocycles. The van der Waals surface area contributed by atoms with Gasteiger partial charge in [-0.15, -0.1) is 0 Å². The number of aryl methyl sites for hydroxylation is 2. The van der Waals surface area contributed by atoms with E-state index in [-0.39, 0.29) is 33.1 Å². The molecule has 0 amide bonds. The number of halogens is 2. The molecule has 3 aromatic rings. The number of ether oxygens (including phenoxy) is 2.